The molecule has 0 radical (unpaired) electrons. The normalized spacial score (nSPS) is 26.5. The molecule has 2 aromatic rings. The standard InChI is InChI=1S/C22H27N3O7/c1-22(2)31-18-15(25-9-8-17(26)24-21(25)28)12-30-16(19(18)32-22)10-23-20(27)14-6-4-13(5-7-14)11-29-3/h4-9,15-16,18-19H,10-12H2,1-3H3,(H,23,27)(H,24,26,28)/t15-,16-,18+,19-/m1/s1. The molecule has 2 aliphatic rings. The molecule has 0 bridgehead atoms. The van der Waals surface area contributed by atoms with Crippen LogP contribution < -0.4 is 16.6 Å². The van der Waals surface area contributed by atoms with Crippen molar-refractivity contribution in [2.45, 2.75) is 50.6 Å². The Morgan fingerprint density at radius 3 is 2.59 bits per heavy atom. The van der Waals surface area contributed by atoms with E-state index in [0.29, 0.717) is 12.2 Å². The van der Waals surface area contributed by atoms with E-state index in [9.17, 15) is 14.4 Å². The number of hydrogen-bond donors (Lipinski definition) is 2. The van der Waals surface area contributed by atoms with Gasteiger partial charge in [0.2, 0.25) is 0 Å². The lowest BCUT2D eigenvalue weighted by Crippen LogP contribution is -2.54. The Kier molecular flexibility index (Phi) is 6.29. The molecular formula is C22H27N3O7. The Bertz CT molecular complexity index is 1080. The Morgan fingerprint density at radius 2 is 1.91 bits per heavy atom. The summed E-state index contributed by atoms with van der Waals surface area (Å²) in [4.78, 5) is 38.6. The third kappa shape index (κ3) is 4.68. The Labute approximate surface area is 184 Å². The average Bonchev–Trinajstić information content (AvgIpc) is 3.08. The predicted molar refractivity (Wildman–Crippen MR) is 113 cm³/mol. The van der Waals surface area contributed by atoms with Gasteiger partial charge >= 0.3 is 5.69 Å². The molecular weight excluding hydrogens is 418 g/mol. The molecule has 10 nitrogen and oxygen atoms in total. The highest BCUT2D eigenvalue weighted by molar-refractivity contribution is 5.94. The summed E-state index contributed by atoms with van der Waals surface area (Å²) in [7, 11) is 1.62. The number of ether oxygens (including phenoxy) is 4. The van der Waals surface area contributed by atoms with E-state index < -0.39 is 41.4 Å². The lowest BCUT2D eigenvalue weighted by Gasteiger charge is -2.37. The number of benzene rings is 1. The van der Waals surface area contributed by atoms with E-state index in [-0.39, 0.29) is 19.1 Å². The first-order chi connectivity index (χ1) is 15.3. The molecule has 2 fully saturated rings. The number of fused-ring (bicyclic) bond motifs is 1. The molecule has 1 aromatic heterocycles. The zero-order valence-corrected chi connectivity index (χ0v) is 18.2. The van der Waals surface area contributed by atoms with Crippen molar-refractivity contribution in [2.24, 2.45) is 0 Å². The maximum Gasteiger partial charge on any atom is 0.328 e. The van der Waals surface area contributed by atoms with Gasteiger partial charge in [-0.15, -0.1) is 0 Å². The Morgan fingerprint density at radius 1 is 1.19 bits per heavy atom. The number of carbonyl (C=O) groups is 1. The molecule has 2 aliphatic heterocycles. The molecule has 0 saturated carbocycles. The number of nitrogens with zero attached hydrogens (tertiary/aromatic N) is 1. The fraction of sp³-hybridized carbons (Fsp3) is 0.500. The van der Waals surface area contributed by atoms with Gasteiger partial charge in [-0.2, -0.15) is 0 Å². The average molecular weight is 445 g/mol. The van der Waals surface area contributed by atoms with Crippen LogP contribution in [0.4, 0.5) is 0 Å². The number of aromatic amines is 1. The number of rotatable bonds is 6. The second kappa shape index (κ2) is 8.99. The van der Waals surface area contributed by atoms with Crippen molar-refractivity contribution in [1.82, 2.24) is 14.9 Å². The SMILES string of the molecule is COCc1ccc(C(=O)NC[C@H]2OC[C@@H](n3ccc(=O)[nH]c3=O)[C@@H]3OC(C)(C)O[C@@H]32)cc1. The number of amides is 1. The van der Waals surface area contributed by atoms with Gasteiger partial charge < -0.3 is 24.3 Å². The van der Waals surface area contributed by atoms with Gasteiger partial charge in [0.25, 0.3) is 11.5 Å². The van der Waals surface area contributed by atoms with E-state index in [1.807, 2.05) is 12.1 Å². The van der Waals surface area contributed by atoms with Crippen LogP contribution in [0.15, 0.2) is 46.1 Å². The van der Waals surface area contributed by atoms with Gasteiger partial charge in [-0.05, 0) is 31.5 Å². The first-order valence-electron chi connectivity index (χ1n) is 10.4. The third-order valence-corrected chi connectivity index (χ3v) is 5.59. The lowest BCUT2D eigenvalue weighted by molar-refractivity contribution is -0.153. The first kappa shape index (κ1) is 22.4. The Balaban J connectivity index is 1.46. The monoisotopic (exact) mass is 445 g/mol. The summed E-state index contributed by atoms with van der Waals surface area (Å²) in [5.74, 6) is -1.11. The van der Waals surface area contributed by atoms with E-state index in [0.717, 1.165) is 5.56 Å². The smallest absolute Gasteiger partial charge is 0.328 e. The zero-order chi connectivity index (χ0) is 22.9. The molecule has 3 heterocycles. The number of aromatic nitrogens is 2. The van der Waals surface area contributed by atoms with E-state index in [1.165, 1.54) is 16.8 Å². The predicted octanol–water partition coefficient (Wildman–Crippen LogP) is 0.573. The van der Waals surface area contributed by atoms with Crippen LogP contribution >= 0.6 is 0 Å². The molecule has 4 rings (SSSR count). The van der Waals surface area contributed by atoms with Gasteiger partial charge in [-0.3, -0.25) is 19.1 Å². The number of carbonyl (C=O) groups excluding carboxylic acids is 1. The molecule has 4 atom stereocenters. The summed E-state index contributed by atoms with van der Waals surface area (Å²) < 4.78 is 24.6. The van der Waals surface area contributed by atoms with Gasteiger partial charge in [-0.1, -0.05) is 12.1 Å². The summed E-state index contributed by atoms with van der Waals surface area (Å²) in [6, 6.07) is 7.97. The van der Waals surface area contributed by atoms with Crippen molar-refractivity contribution in [3.05, 3.63) is 68.5 Å². The van der Waals surface area contributed by atoms with Crippen LogP contribution in [0.5, 0.6) is 0 Å². The molecule has 0 spiro atoms. The minimum atomic E-state index is -0.882. The highest BCUT2D eigenvalue weighted by Crippen LogP contribution is 2.39. The van der Waals surface area contributed by atoms with Crippen molar-refractivity contribution in [1.29, 1.82) is 0 Å². The van der Waals surface area contributed by atoms with Crippen LogP contribution in [-0.2, 0) is 25.6 Å². The second-order valence-corrected chi connectivity index (χ2v) is 8.36. The molecule has 172 valence electrons. The van der Waals surface area contributed by atoms with Crippen molar-refractivity contribution >= 4 is 5.91 Å². The third-order valence-electron chi connectivity index (χ3n) is 5.59. The quantitative estimate of drug-likeness (QED) is 0.667. The summed E-state index contributed by atoms with van der Waals surface area (Å²) in [6.07, 6.45) is -0.0336. The maximum absolute atomic E-state index is 12.6. The van der Waals surface area contributed by atoms with Crippen LogP contribution in [0.1, 0.15) is 35.8 Å². The minimum absolute atomic E-state index is 0.165. The molecule has 2 saturated heterocycles. The number of H-pyrrole nitrogens is 1. The maximum atomic E-state index is 12.6. The summed E-state index contributed by atoms with van der Waals surface area (Å²) >= 11 is 0. The molecule has 0 aliphatic carbocycles. The highest BCUT2D eigenvalue weighted by atomic mass is 16.8. The first-order valence-corrected chi connectivity index (χ1v) is 10.4. The van der Waals surface area contributed by atoms with Crippen molar-refractivity contribution in [3.8, 4) is 0 Å². The fourth-order valence-electron chi connectivity index (χ4n) is 4.13. The largest absolute Gasteiger partial charge is 0.380 e. The van der Waals surface area contributed by atoms with Crippen LogP contribution in [0.3, 0.4) is 0 Å². The highest BCUT2D eigenvalue weighted by Gasteiger charge is 2.52. The second-order valence-electron chi connectivity index (χ2n) is 8.36. The van der Waals surface area contributed by atoms with Gasteiger partial charge in [-0.25, -0.2) is 4.79 Å². The van der Waals surface area contributed by atoms with Crippen molar-refractivity contribution in [3.63, 3.8) is 0 Å². The van der Waals surface area contributed by atoms with Crippen LogP contribution in [0.25, 0.3) is 0 Å². The van der Waals surface area contributed by atoms with Gasteiger partial charge in [0.1, 0.15) is 18.3 Å². The molecule has 32 heavy (non-hydrogen) atoms. The topological polar surface area (TPSA) is 121 Å². The minimum Gasteiger partial charge on any atom is -0.380 e. The fourth-order valence-corrected chi connectivity index (χ4v) is 4.13. The number of nitrogens with one attached hydrogen (secondary N) is 2. The van der Waals surface area contributed by atoms with E-state index in [1.54, 1.807) is 33.1 Å². The van der Waals surface area contributed by atoms with Gasteiger partial charge in [0.15, 0.2) is 5.79 Å². The van der Waals surface area contributed by atoms with Gasteiger partial charge in [0.05, 0.1) is 19.3 Å². The van der Waals surface area contributed by atoms with E-state index in [4.69, 9.17) is 18.9 Å². The zero-order valence-electron chi connectivity index (χ0n) is 18.2. The Hall–Kier alpha value is -2.79. The molecule has 0 unspecified atom stereocenters. The number of methoxy groups -OCH3 is 1. The van der Waals surface area contributed by atoms with Crippen LogP contribution in [-0.4, -0.2) is 59.8 Å². The number of hydrogen-bond acceptors (Lipinski definition) is 7. The van der Waals surface area contributed by atoms with Crippen molar-refractivity contribution in [2.75, 3.05) is 20.3 Å². The van der Waals surface area contributed by atoms with Gasteiger partial charge in [0, 0.05) is 31.5 Å². The molecule has 2 N–H and O–H groups in total. The van der Waals surface area contributed by atoms with Crippen molar-refractivity contribution < 1.29 is 23.7 Å². The lowest BCUT2D eigenvalue weighted by atomic mass is 9.97. The van der Waals surface area contributed by atoms with Crippen LogP contribution in [0.2, 0.25) is 0 Å². The molecule has 10 heteroatoms. The van der Waals surface area contributed by atoms with Crippen LogP contribution in [0, 0.1) is 0 Å². The summed E-state index contributed by atoms with van der Waals surface area (Å²) in [5.41, 5.74) is 0.490. The summed E-state index contributed by atoms with van der Waals surface area (Å²) in [5, 5.41) is 2.89. The van der Waals surface area contributed by atoms with E-state index >= 15 is 0 Å². The molecule has 1 aromatic carbocycles. The molecule has 1 amide bonds. The van der Waals surface area contributed by atoms with E-state index in [2.05, 4.69) is 10.3 Å². The summed E-state index contributed by atoms with van der Waals surface area (Å²) in [6.45, 7) is 4.43.